The van der Waals surface area contributed by atoms with Crippen LogP contribution in [0, 0.1) is 0 Å². The van der Waals surface area contributed by atoms with Gasteiger partial charge >= 0.3 is 0 Å². The highest BCUT2D eigenvalue weighted by Crippen LogP contribution is 1.88. The molecule has 0 aromatic heterocycles. The fourth-order valence-corrected chi connectivity index (χ4v) is 1.03. The van der Waals surface area contributed by atoms with Crippen LogP contribution < -0.4 is 11.1 Å². The minimum atomic E-state index is -0.463. The molecule has 0 fully saturated rings. The van der Waals surface area contributed by atoms with Gasteiger partial charge in [-0.25, -0.2) is 0 Å². The van der Waals surface area contributed by atoms with Crippen molar-refractivity contribution in [3.8, 4) is 0 Å². The van der Waals surface area contributed by atoms with Crippen LogP contribution in [0.3, 0.4) is 0 Å². The van der Waals surface area contributed by atoms with Crippen molar-refractivity contribution >= 4 is 11.8 Å². The SMILES string of the molecule is CCN(CC)C(=O)CNC(C)C(N)=O. The Bertz CT molecular complexity index is 202. The third-order valence-corrected chi connectivity index (χ3v) is 2.10. The van der Waals surface area contributed by atoms with Crippen molar-refractivity contribution in [1.82, 2.24) is 10.2 Å². The molecule has 0 saturated carbocycles. The summed E-state index contributed by atoms with van der Waals surface area (Å²) >= 11 is 0. The first-order chi connectivity index (χ1) is 6.52. The van der Waals surface area contributed by atoms with Gasteiger partial charge < -0.3 is 10.6 Å². The lowest BCUT2D eigenvalue weighted by Gasteiger charge is -2.19. The molecule has 0 saturated heterocycles. The van der Waals surface area contributed by atoms with Gasteiger partial charge in [0.15, 0.2) is 0 Å². The number of amides is 2. The van der Waals surface area contributed by atoms with Gasteiger partial charge in [-0.3, -0.25) is 14.9 Å². The summed E-state index contributed by atoms with van der Waals surface area (Å²) in [5.74, 6) is -0.458. The molecule has 1 atom stereocenters. The van der Waals surface area contributed by atoms with E-state index in [1.807, 2.05) is 13.8 Å². The summed E-state index contributed by atoms with van der Waals surface area (Å²) in [6.07, 6.45) is 0. The number of primary amides is 1. The summed E-state index contributed by atoms with van der Waals surface area (Å²) in [5.41, 5.74) is 5.04. The van der Waals surface area contributed by atoms with Gasteiger partial charge in [0.25, 0.3) is 0 Å². The summed E-state index contributed by atoms with van der Waals surface area (Å²) in [6, 6.07) is -0.463. The van der Waals surface area contributed by atoms with E-state index in [4.69, 9.17) is 5.73 Å². The molecule has 1 unspecified atom stereocenters. The van der Waals surface area contributed by atoms with E-state index in [0.717, 1.165) is 0 Å². The molecule has 0 rings (SSSR count). The number of nitrogens with two attached hydrogens (primary N) is 1. The molecule has 0 aliphatic heterocycles. The molecular weight excluding hydrogens is 182 g/mol. The number of carbonyl (C=O) groups excluding carboxylic acids is 2. The van der Waals surface area contributed by atoms with Gasteiger partial charge in [0.05, 0.1) is 12.6 Å². The van der Waals surface area contributed by atoms with E-state index in [1.165, 1.54) is 0 Å². The van der Waals surface area contributed by atoms with Gasteiger partial charge in [0.1, 0.15) is 0 Å². The Balaban J connectivity index is 3.89. The molecule has 5 nitrogen and oxygen atoms in total. The van der Waals surface area contributed by atoms with Crippen molar-refractivity contribution in [3.05, 3.63) is 0 Å². The number of nitrogens with one attached hydrogen (secondary N) is 1. The molecule has 2 amide bonds. The maximum Gasteiger partial charge on any atom is 0.236 e. The van der Waals surface area contributed by atoms with Crippen LogP contribution in [-0.2, 0) is 9.59 Å². The molecule has 82 valence electrons. The van der Waals surface area contributed by atoms with Crippen LogP contribution in [0.1, 0.15) is 20.8 Å². The minimum absolute atomic E-state index is 0.0110. The predicted molar refractivity (Wildman–Crippen MR) is 54.6 cm³/mol. The van der Waals surface area contributed by atoms with Crippen molar-refractivity contribution < 1.29 is 9.59 Å². The highest BCUT2D eigenvalue weighted by molar-refractivity contribution is 5.82. The maximum atomic E-state index is 11.4. The van der Waals surface area contributed by atoms with Crippen molar-refractivity contribution in [2.24, 2.45) is 5.73 Å². The number of hydrogen-bond acceptors (Lipinski definition) is 3. The summed E-state index contributed by atoms with van der Waals surface area (Å²) < 4.78 is 0. The van der Waals surface area contributed by atoms with Gasteiger partial charge in [-0.2, -0.15) is 0 Å². The Kier molecular flexibility index (Phi) is 5.87. The number of rotatable bonds is 6. The third kappa shape index (κ3) is 4.23. The Morgan fingerprint density at radius 2 is 1.86 bits per heavy atom. The molecule has 0 aliphatic carbocycles. The minimum Gasteiger partial charge on any atom is -0.368 e. The lowest BCUT2D eigenvalue weighted by molar-refractivity contribution is -0.130. The van der Waals surface area contributed by atoms with Crippen LogP contribution in [0.4, 0.5) is 0 Å². The standard InChI is InChI=1S/C9H19N3O2/c1-4-12(5-2)8(13)6-11-7(3)9(10)14/h7,11H,4-6H2,1-3H3,(H2,10,14). The topological polar surface area (TPSA) is 75.4 Å². The zero-order valence-electron chi connectivity index (χ0n) is 9.04. The van der Waals surface area contributed by atoms with Crippen molar-refractivity contribution in [1.29, 1.82) is 0 Å². The number of carbonyl (C=O) groups is 2. The summed E-state index contributed by atoms with van der Waals surface area (Å²) in [4.78, 5) is 23.8. The first kappa shape index (κ1) is 12.9. The smallest absolute Gasteiger partial charge is 0.236 e. The summed E-state index contributed by atoms with van der Waals surface area (Å²) in [5, 5.41) is 2.77. The molecule has 3 N–H and O–H groups in total. The van der Waals surface area contributed by atoms with Crippen molar-refractivity contribution in [2.75, 3.05) is 19.6 Å². The van der Waals surface area contributed by atoms with Gasteiger partial charge in [-0.15, -0.1) is 0 Å². The third-order valence-electron chi connectivity index (χ3n) is 2.10. The van der Waals surface area contributed by atoms with Crippen LogP contribution in [0.25, 0.3) is 0 Å². The monoisotopic (exact) mass is 201 g/mol. The van der Waals surface area contributed by atoms with Crippen LogP contribution in [0.15, 0.2) is 0 Å². The van der Waals surface area contributed by atoms with Crippen molar-refractivity contribution in [3.63, 3.8) is 0 Å². The van der Waals surface area contributed by atoms with E-state index >= 15 is 0 Å². The Hall–Kier alpha value is -1.10. The largest absolute Gasteiger partial charge is 0.368 e. The second kappa shape index (κ2) is 6.37. The van der Waals surface area contributed by atoms with Gasteiger partial charge in [-0.05, 0) is 20.8 Å². The van der Waals surface area contributed by atoms with E-state index in [-0.39, 0.29) is 12.5 Å². The molecule has 0 aromatic carbocycles. The molecule has 14 heavy (non-hydrogen) atoms. The fourth-order valence-electron chi connectivity index (χ4n) is 1.03. The predicted octanol–water partition coefficient (Wildman–Crippen LogP) is -0.682. The van der Waals surface area contributed by atoms with Crippen LogP contribution >= 0.6 is 0 Å². The Morgan fingerprint density at radius 1 is 1.36 bits per heavy atom. The zero-order valence-corrected chi connectivity index (χ0v) is 9.04. The van der Waals surface area contributed by atoms with Crippen LogP contribution in [0.5, 0.6) is 0 Å². The quantitative estimate of drug-likeness (QED) is 0.597. The van der Waals surface area contributed by atoms with Crippen LogP contribution in [0.2, 0.25) is 0 Å². The molecule has 0 heterocycles. The normalized spacial score (nSPS) is 12.2. The van der Waals surface area contributed by atoms with E-state index in [9.17, 15) is 9.59 Å². The average molecular weight is 201 g/mol. The molecule has 0 aromatic rings. The molecule has 0 spiro atoms. The maximum absolute atomic E-state index is 11.4. The highest BCUT2D eigenvalue weighted by Gasteiger charge is 2.12. The lowest BCUT2D eigenvalue weighted by atomic mass is 10.3. The van der Waals surface area contributed by atoms with Gasteiger partial charge in [0, 0.05) is 13.1 Å². The van der Waals surface area contributed by atoms with E-state index in [1.54, 1.807) is 11.8 Å². The van der Waals surface area contributed by atoms with Gasteiger partial charge in [-0.1, -0.05) is 0 Å². The Labute approximate surface area is 84.6 Å². The van der Waals surface area contributed by atoms with Crippen LogP contribution in [-0.4, -0.2) is 42.4 Å². The van der Waals surface area contributed by atoms with E-state index in [0.29, 0.717) is 13.1 Å². The lowest BCUT2D eigenvalue weighted by Crippen LogP contribution is -2.45. The Morgan fingerprint density at radius 3 is 2.21 bits per heavy atom. The summed E-state index contributed by atoms with van der Waals surface area (Å²) in [7, 11) is 0. The second-order valence-electron chi connectivity index (χ2n) is 3.07. The number of likely N-dealkylation sites (N-methyl/N-ethyl adjacent to an activating group) is 1. The molecule has 0 radical (unpaired) electrons. The molecule has 5 heteroatoms. The first-order valence-corrected chi connectivity index (χ1v) is 4.83. The molecular formula is C9H19N3O2. The van der Waals surface area contributed by atoms with E-state index < -0.39 is 11.9 Å². The molecule has 0 bridgehead atoms. The van der Waals surface area contributed by atoms with Gasteiger partial charge in [0.2, 0.25) is 11.8 Å². The van der Waals surface area contributed by atoms with Crippen molar-refractivity contribution in [2.45, 2.75) is 26.8 Å². The average Bonchev–Trinajstić information content (AvgIpc) is 2.15. The highest BCUT2D eigenvalue weighted by atomic mass is 16.2. The van der Waals surface area contributed by atoms with E-state index in [2.05, 4.69) is 5.32 Å². The summed E-state index contributed by atoms with van der Waals surface area (Å²) in [6.45, 7) is 6.99. The second-order valence-corrected chi connectivity index (χ2v) is 3.07. The molecule has 0 aliphatic rings. The zero-order chi connectivity index (χ0) is 11.1. The first-order valence-electron chi connectivity index (χ1n) is 4.83. The number of nitrogens with zero attached hydrogens (tertiary/aromatic N) is 1. The number of hydrogen-bond donors (Lipinski definition) is 2. The fraction of sp³-hybridized carbons (Fsp3) is 0.778.